The van der Waals surface area contributed by atoms with E-state index in [2.05, 4.69) is 51.1 Å². The van der Waals surface area contributed by atoms with Gasteiger partial charge < -0.3 is 5.23 Å². The fourth-order valence-corrected chi connectivity index (χ4v) is 1.72. The lowest BCUT2D eigenvalue weighted by atomic mass is 9.92. The van der Waals surface area contributed by atoms with Crippen LogP contribution in [-0.4, -0.2) is 7.98 Å². The van der Waals surface area contributed by atoms with E-state index in [9.17, 15) is 0 Å². The molecule has 2 heteroatoms. The van der Waals surface area contributed by atoms with Crippen molar-refractivity contribution in [1.29, 1.82) is 0 Å². The number of benzene rings is 1. The van der Waals surface area contributed by atoms with Crippen molar-refractivity contribution in [2.24, 2.45) is 0 Å². The second-order valence-corrected chi connectivity index (χ2v) is 4.27. The minimum absolute atomic E-state index is 0.500. The molecular weight excluding hydrogens is 169 g/mol. The minimum atomic E-state index is 0.500. The van der Waals surface area contributed by atoms with Crippen LogP contribution in [0.2, 0.25) is 0 Å². The van der Waals surface area contributed by atoms with Gasteiger partial charge >= 0.3 is 0 Å². The second kappa shape index (κ2) is 4.54. The Labute approximate surface area is 88.3 Å². The van der Waals surface area contributed by atoms with Gasteiger partial charge in [-0.25, -0.2) is 0 Å². The molecule has 0 saturated carbocycles. The van der Waals surface area contributed by atoms with E-state index in [-0.39, 0.29) is 0 Å². The molecule has 0 fully saturated rings. The quantitative estimate of drug-likeness (QED) is 0.714. The van der Waals surface area contributed by atoms with Crippen LogP contribution in [0.5, 0.6) is 0 Å². The number of para-hydroxylation sites is 1. The van der Waals surface area contributed by atoms with E-state index in [0.29, 0.717) is 11.8 Å². The van der Waals surface area contributed by atoms with Crippen LogP contribution in [0.3, 0.4) is 0 Å². The van der Waals surface area contributed by atoms with Crippen LogP contribution < -0.4 is 5.23 Å². The van der Waals surface area contributed by atoms with Gasteiger partial charge in [0.1, 0.15) is 0 Å². The van der Waals surface area contributed by atoms with Crippen LogP contribution in [0, 0.1) is 0 Å². The molecule has 0 saturated heterocycles. The summed E-state index contributed by atoms with van der Waals surface area (Å²) in [6.07, 6.45) is 0. The van der Waals surface area contributed by atoms with Gasteiger partial charge in [0.05, 0.1) is 0 Å². The lowest BCUT2D eigenvalue weighted by molar-refractivity contribution is 0.839. The Hall–Kier alpha value is -0.915. The SMILES string of the molecule is [B]Nc1c(C(C)C)cccc1C(C)C. The van der Waals surface area contributed by atoms with Gasteiger partial charge in [0, 0.05) is 5.69 Å². The van der Waals surface area contributed by atoms with E-state index in [1.54, 1.807) is 0 Å². The topological polar surface area (TPSA) is 12.0 Å². The van der Waals surface area contributed by atoms with Crippen molar-refractivity contribution >= 4 is 13.7 Å². The number of rotatable bonds is 3. The first kappa shape index (κ1) is 11.2. The first-order chi connectivity index (χ1) is 6.57. The number of hydrogen-bond acceptors (Lipinski definition) is 1. The summed E-state index contributed by atoms with van der Waals surface area (Å²) in [6.45, 7) is 8.72. The van der Waals surface area contributed by atoms with Crippen molar-refractivity contribution < 1.29 is 0 Å². The summed E-state index contributed by atoms with van der Waals surface area (Å²) in [5.74, 6) is 1.000. The summed E-state index contributed by atoms with van der Waals surface area (Å²) < 4.78 is 0. The van der Waals surface area contributed by atoms with E-state index in [1.165, 1.54) is 11.1 Å². The molecule has 1 aromatic rings. The van der Waals surface area contributed by atoms with Crippen molar-refractivity contribution in [1.82, 2.24) is 0 Å². The molecule has 0 bridgehead atoms. The largest absolute Gasteiger partial charge is 0.437 e. The lowest BCUT2D eigenvalue weighted by Crippen LogP contribution is -2.04. The number of hydrogen-bond donors (Lipinski definition) is 1. The van der Waals surface area contributed by atoms with Crippen molar-refractivity contribution in [2.45, 2.75) is 39.5 Å². The summed E-state index contributed by atoms with van der Waals surface area (Å²) in [5, 5.41) is 2.83. The van der Waals surface area contributed by atoms with Crippen molar-refractivity contribution in [3.8, 4) is 0 Å². The Morgan fingerprint density at radius 1 is 1.00 bits per heavy atom. The molecule has 1 aromatic carbocycles. The van der Waals surface area contributed by atoms with Crippen LogP contribution in [0.25, 0.3) is 0 Å². The lowest BCUT2D eigenvalue weighted by Gasteiger charge is -2.19. The molecule has 2 radical (unpaired) electrons. The van der Waals surface area contributed by atoms with E-state index in [1.807, 2.05) is 0 Å². The first-order valence-electron chi connectivity index (χ1n) is 5.17. The normalized spacial score (nSPS) is 11.0. The molecule has 0 unspecified atom stereocenters. The van der Waals surface area contributed by atoms with Crippen LogP contribution in [-0.2, 0) is 0 Å². The van der Waals surface area contributed by atoms with Crippen LogP contribution in [0.15, 0.2) is 18.2 Å². The van der Waals surface area contributed by atoms with Crippen LogP contribution in [0.1, 0.15) is 50.7 Å². The molecule has 14 heavy (non-hydrogen) atoms. The zero-order valence-electron chi connectivity index (χ0n) is 9.46. The highest BCUT2D eigenvalue weighted by molar-refractivity contribution is 6.16. The average molecular weight is 187 g/mol. The molecule has 0 spiro atoms. The van der Waals surface area contributed by atoms with Crippen LogP contribution in [0.4, 0.5) is 5.69 Å². The second-order valence-electron chi connectivity index (χ2n) is 4.27. The van der Waals surface area contributed by atoms with Crippen LogP contribution >= 0.6 is 0 Å². The minimum Gasteiger partial charge on any atom is -0.437 e. The summed E-state index contributed by atoms with van der Waals surface area (Å²) in [6, 6.07) is 6.36. The monoisotopic (exact) mass is 187 g/mol. The summed E-state index contributed by atoms with van der Waals surface area (Å²) in [5.41, 5.74) is 3.68. The van der Waals surface area contributed by atoms with Gasteiger partial charge in [0.25, 0.3) is 0 Å². The van der Waals surface area contributed by atoms with E-state index in [0.717, 1.165) is 5.69 Å². The standard InChI is InChI=1S/C12H18BN/c1-8(2)10-6-5-7-11(9(3)4)12(10)14-13/h5-9,14H,1-4H3. The van der Waals surface area contributed by atoms with Crippen molar-refractivity contribution in [3.05, 3.63) is 29.3 Å². The van der Waals surface area contributed by atoms with E-state index < -0.39 is 0 Å². The van der Waals surface area contributed by atoms with Gasteiger partial charge in [-0.15, -0.1) is 0 Å². The predicted molar refractivity (Wildman–Crippen MR) is 64.0 cm³/mol. The fraction of sp³-hybridized carbons (Fsp3) is 0.500. The third-order valence-electron chi connectivity index (χ3n) is 2.52. The van der Waals surface area contributed by atoms with E-state index >= 15 is 0 Å². The summed E-state index contributed by atoms with van der Waals surface area (Å²) >= 11 is 0. The fourth-order valence-electron chi connectivity index (χ4n) is 1.72. The first-order valence-corrected chi connectivity index (χ1v) is 5.17. The highest BCUT2D eigenvalue weighted by atomic mass is 14.8. The summed E-state index contributed by atoms with van der Waals surface area (Å²) in [7, 11) is 5.58. The third-order valence-corrected chi connectivity index (χ3v) is 2.52. The Kier molecular flexibility index (Phi) is 3.62. The Morgan fingerprint density at radius 3 is 1.71 bits per heavy atom. The highest BCUT2D eigenvalue weighted by Gasteiger charge is 2.11. The van der Waals surface area contributed by atoms with Gasteiger partial charge in [-0.1, -0.05) is 45.9 Å². The third kappa shape index (κ3) is 2.12. The van der Waals surface area contributed by atoms with Gasteiger partial charge in [0.2, 0.25) is 7.98 Å². The van der Waals surface area contributed by atoms with Crippen molar-refractivity contribution in [2.75, 3.05) is 5.23 Å². The predicted octanol–water partition coefficient (Wildman–Crippen LogP) is 3.43. The molecule has 0 aromatic heterocycles. The number of anilines is 1. The van der Waals surface area contributed by atoms with Gasteiger partial charge in [-0.3, -0.25) is 0 Å². The zero-order chi connectivity index (χ0) is 10.7. The molecular formula is C12H18BN. The Morgan fingerprint density at radius 2 is 1.43 bits per heavy atom. The van der Waals surface area contributed by atoms with Gasteiger partial charge in [0.15, 0.2) is 0 Å². The molecule has 1 N–H and O–H groups in total. The van der Waals surface area contributed by atoms with Gasteiger partial charge in [-0.05, 0) is 23.0 Å². The van der Waals surface area contributed by atoms with Gasteiger partial charge in [-0.2, -0.15) is 0 Å². The summed E-state index contributed by atoms with van der Waals surface area (Å²) in [4.78, 5) is 0. The molecule has 1 nitrogen and oxygen atoms in total. The Bertz CT molecular complexity index is 279. The maximum atomic E-state index is 5.58. The maximum Gasteiger partial charge on any atom is 0.222 e. The van der Waals surface area contributed by atoms with E-state index in [4.69, 9.17) is 7.98 Å². The molecule has 0 atom stereocenters. The smallest absolute Gasteiger partial charge is 0.222 e. The maximum absolute atomic E-state index is 5.58. The van der Waals surface area contributed by atoms with Crippen molar-refractivity contribution in [3.63, 3.8) is 0 Å². The zero-order valence-corrected chi connectivity index (χ0v) is 9.46. The number of nitrogens with one attached hydrogen (secondary N) is 1. The molecule has 74 valence electrons. The molecule has 0 amide bonds. The molecule has 0 aliphatic rings. The average Bonchev–Trinajstić information content (AvgIpc) is 2.16. The highest BCUT2D eigenvalue weighted by Crippen LogP contribution is 2.31. The molecule has 1 rings (SSSR count). The molecule has 0 aliphatic heterocycles. The molecule has 0 heterocycles. The molecule has 0 aliphatic carbocycles. The Balaban J connectivity index is 3.25.